The molecule has 2 heterocycles. The van der Waals surface area contributed by atoms with Gasteiger partial charge in [-0.05, 0) is 29.2 Å². The van der Waals surface area contributed by atoms with Crippen LogP contribution in [-0.4, -0.2) is 38.4 Å². The molecule has 0 aliphatic heterocycles. The summed E-state index contributed by atoms with van der Waals surface area (Å²) in [7, 11) is 0. The number of carboxylic acid groups (broad SMARTS) is 1. The van der Waals surface area contributed by atoms with Crippen LogP contribution in [0.3, 0.4) is 0 Å². The first-order chi connectivity index (χ1) is 15.0. The Labute approximate surface area is 177 Å². The van der Waals surface area contributed by atoms with Gasteiger partial charge in [0.2, 0.25) is 0 Å². The molecule has 8 heteroatoms. The SMILES string of the molecule is Cc1cc2ncc(C(=O)O)c(NC(=O)OCC3c4ccccc4-c4ccccc43)n2n1. The van der Waals surface area contributed by atoms with Gasteiger partial charge in [-0.25, -0.2) is 14.6 Å². The Hall–Kier alpha value is -4.20. The van der Waals surface area contributed by atoms with Crippen LogP contribution in [0.2, 0.25) is 0 Å². The van der Waals surface area contributed by atoms with Crippen LogP contribution in [0.5, 0.6) is 0 Å². The van der Waals surface area contributed by atoms with Crippen LogP contribution in [-0.2, 0) is 4.74 Å². The Morgan fingerprint density at radius 1 is 1.10 bits per heavy atom. The number of carboxylic acids is 1. The summed E-state index contributed by atoms with van der Waals surface area (Å²) in [6.45, 7) is 1.88. The van der Waals surface area contributed by atoms with E-state index in [0.29, 0.717) is 11.3 Å². The fourth-order valence-electron chi connectivity index (χ4n) is 4.06. The normalized spacial score (nSPS) is 12.4. The van der Waals surface area contributed by atoms with Gasteiger partial charge in [0.25, 0.3) is 0 Å². The first-order valence-electron chi connectivity index (χ1n) is 9.73. The molecule has 0 saturated carbocycles. The number of benzene rings is 2. The molecule has 1 aliphatic rings. The lowest BCUT2D eigenvalue weighted by atomic mass is 9.98. The molecule has 1 aliphatic carbocycles. The Morgan fingerprint density at radius 3 is 2.39 bits per heavy atom. The third-order valence-corrected chi connectivity index (χ3v) is 5.40. The highest BCUT2D eigenvalue weighted by Gasteiger charge is 2.29. The molecule has 8 nitrogen and oxygen atoms in total. The van der Waals surface area contributed by atoms with E-state index in [1.807, 2.05) is 36.4 Å². The first kappa shape index (κ1) is 18.8. The van der Waals surface area contributed by atoms with Crippen LogP contribution in [0.1, 0.15) is 33.1 Å². The molecule has 4 aromatic rings. The zero-order chi connectivity index (χ0) is 21.5. The molecule has 2 aromatic carbocycles. The van der Waals surface area contributed by atoms with E-state index in [4.69, 9.17) is 4.74 Å². The van der Waals surface area contributed by atoms with Crippen molar-refractivity contribution in [3.8, 4) is 11.1 Å². The van der Waals surface area contributed by atoms with E-state index in [9.17, 15) is 14.7 Å². The molecule has 5 rings (SSSR count). The summed E-state index contributed by atoms with van der Waals surface area (Å²) in [4.78, 5) is 28.3. The predicted molar refractivity (Wildman–Crippen MR) is 113 cm³/mol. The molecule has 0 atom stereocenters. The van der Waals surface area contributed by atoms with Crippen molar-refractivity contribution in [1.82, 2.24) is 14.6 Å². The third kappa shape index (κ3) is 3.18. The fraction of sp³-hybridized carbons (Fsp3) is 0.130. The molecule has 0 saturated heterocycles. The number of hydrogen-bond donors (Lipinski definition) is 2. The van der Waals surface area contributed by atoms with E-state index in [1.54, 1.807) is 13.0 Å². The second kappa shape index (κ2) is 7.24. The van der Waals surface area contributed by atoms with Crippen molar-refractivity contribution in [3.63, 3.8) is 0 Å². The largest absolute Gasteiger partial charge is 0.477 e. The highest BCUT2D eigenvalue weighted by atomic mass is 16.5. The average Bonchev–Trinajstić information content (AvgIpc) is 3.30. The lowest BCUT2D eigenvalue weighted by Crippen LogP contribution is -2.21. The van der Waals surface area contributed by atoms with Crippen molar-refractivity contribution >= 4 is 23.5 Å². The zero-order valence-corrected chi connectivity index (χ0v) is 16.6. The molecule has 0 bridgehead atoms. The summed E-state index contributed by atoms with van der Waals surface area (Å²) in [5, 5.41) is 16.3. The Morgan fingerprint density at radius 2 is 1.74 bits per heavy atom. The molecule has 0 radical (unpaired) electrons. The topological polar surface area (TPSA) is 106 Å². The van der Waals surface area contributed by atoms with Gasteiger partial charge in [0.15, 0.2) is 11.5 Å². The summed E-state index contributed by atoms with van der Waals surface area (Å²) in [6, 6.07) is 17.8. The number of hydrogen-bond acceptors (Lipinski definition) is 5. The van der Waals surface area contributed by atoms with Crippen LogP contribution in [0, 0.1) is 6.92 Å². The number of aromatic nitrogens is 3. The van der Waals surface area contributed by atoms with Gasteiger partial charge in [-0.3, -0.25) is 5.32 Å². The van der Waals surface area contributed by atoms with Crippen molar-refractivity contribution in [1.29, 1.82) is 0 Å². The number of nitrogens with zero attached hydrogens (tertiary/aromatic N) is 3. The van der Waals surface area contributed by atoms with Crippen molar-refractivity contribution in [2.45, 2.75) is 12.8 Å². The predicted octanol–water partition coefficient (Wildman–Crippen LogP) is 4.10. The van der Waals surface area contributed by atoms with E-state index in [0.717, 1.165) is 22.3 Å². The summed E-state index contributed by atoms with van der Waals surface area (Å²) < 4.78 is 6.82. The van der Waals surface area contributed by atoms with Gasteiger partial charge < -0.3 is 9.84 Å². The van der Waals surface area contributed by atoms with Gasteiger partial charge in [-0.2, -0.15) is 9.61 Å². The van der Waals surface area contributed by atoms with E-state index >= 15 is 0 Å². The lowest BCUT2D eigenvalue weighted by Gasteiger charge is -2.15. The van der Waals surface area contributed by atoms with Gasteiger partial charge in [0.1, 0.15) is 12.2 Å². The fourth-order valence-corrected chi connectivity index (χ4v) is 4.06. The first-order valence-corrected chi connectivity index (χ1v) is 9.73. The zero-order valence-electron chi connectivity index (χ0n) is 16.6. The third-order valence-electron chi connectivity index (χ3n) is 5.40. The van der Waals surface area contributed by atoms with Gasteiger partial charge >= 0.3 is 12.1 Å². The van der Waals surface area contributed by atoms with Gasteiger partial charge in [-0.1, -0.05) is 48.5 Å². The Bertz CT molecular complexity index is 1300. The highest BCUT2D eigenvalue weighted by Crippen LogP contribution is 2.44. The minimum absolute atomic E-state index is 0.00261. The van der Waals surface area contributed by atoms with Crippen LogP contribution in [0.4, 0.5) is 10.6 Å². The summed E-state index contributed by atoms with van der Waals surface area (Å²) in [6.07, 6.45) is 0.433. The smallest absolute Gasteiger partial charge is 0.412 e. The minimum atomic E-state index is -1.23. The molecule has 2 N–H and O–H groups in total. The van der Waals surface area contributed by atoms with E-state index in [-0.39, 0.29) is 23.9 Å². The van der Waals surface area contributed by atoms with Gasteiger partial charge in [0, 0.05) is 18.2 Å². The van der Waals surface area contributed by atoms with Crippen LogP contribution >= 0.6 is 0 Å². The monoisotopic (exact) mass is 414 g/mol. The quantitative estimate of drug-likeness (QED) is 0.521. The molecule has 0 fully saturated rings. The maximum absolute atomic E-state index is 12.6. The lowest BCUT2D eigenvalue weighted by molar-refractivity contribution is 0.0697. The average molecular weight is 414 g/mol. The number of carbonyl (C=O) groups excluding carboxylic acids is 1. The summed E-state index contributed by atoms with van der Waals surface area (Å²) in [5.41, 5.74) is 5.34. The number of aryl methyl sites for hydroxylation is 1. The number of rotatable bonds is 4. The number of amides is 1. The van der Waals surface area contributed by atoms with Crippen molar-refractivity contribution < 1.29 is 19.4 Å². The number of carbonyl (C=O) groups is 2. The van der Waals surface area contributed by atoms with Crippen LogP contribution < -0.4 is 5.32 Å². The van der Waals surface area contributed by atoms with Crippen LogP contribution in [0.15, 0.2) is 60.8 Å². The number of nitrogens with one attached hydrogen (secondary N) is 1. The summed E-state index contributed by atoms with van der Waals surface area (Å²) >= 11 is 0. The minimum Gasteiger partial charge on any atom is -0.477 e. The van der Waals surface area contributed by atoms with Crippen molar-refractivity contribution in [2.24, 2.45) is 0 Å². The molecule has 0 unspecified atom stereocenters. The van der Waals surface area contributed by atoms with Crippen LogP contribution in [0.25, 0.3) is 16.8 Å². The molecular formula is C23H18N4O4. The number of aromatic carboxylic acids is 1. The Kier molecular flexibility index (Phi) is 4.39. The van der Waals surface area contributed by atoms with Crippen molar-refractivity contribution in [3.05, 3.63) is 83.2 Å². The molecule has 31 heavy (non-hydrogen) atoms. The molecule has 2 aromatic heterocycles. The number of ether oxygens (including phenoxy) is 1. The second-order valence-corrected chi connectivity index (χ2v) is 7.33. The molecule has 0 spiro atoms. The summed E-state index contributed by atoms with van der Waals surface area (Å²) in [5.74, 6) is -1.32. The van der Waals surface area contributed by atoms with Gasteiger partial charge in [-0.15, -0.1) is 0 Å². The van der Waals surface area contributed by atoms with Crippen molar-refractivity contribution in [2.75, 3.05) is 11.9 Å². The number of fused-ring (bicyclic) bond motifs is 4. The maximum Gasteiger partial charge on any atom is 0.412 e. The maximum atomic E-state index is 12.6. The molecule has 154 valence electrons. The van der Waals surface area contributed by atoms with E-state index < -0.39 is 12.1 Å². The second-order valence-electron chi connectivity index (χ2n) is 7.33. The molecule has 1 amide bonds. The van der Waals surface area contributed by atoms with Gasteiger partial charge in [0.05, 0.1) is 5.69 Å². The van der Waals surface area contributed by atoms with E-state index in [1.165, 1.54) is 10.7 Å². The highest BCUT2D eigenvalue weighted by molar-refractivity contribution is 5.97. The van der Waals surface area contributed by atoms with E-state index in [2.05, 4.69) is 27.5 Å². The standard InChI is InChI=1S/C23H18N4O4/c1-13-10-20-24-11-18(22(28)29)21(27(20)26-13)25-23(30)31-12-19-16-8-4-2-6-14(16)15-7-3-5-9-17(15)19/h2-11,19H,12H2,1H3,(H,25,30)(H,28,29). The Balaban J connectivity index is 1.40. The number of anilines is 1. The molecular weight excluding hydrogens is 396 g/mol.